The first-order chi connectivity index (χ1) is 5.25. The van der Waals surface area contributed by atoms with Crippen molar-refractivity contribution in [1.29, 1.82) is 0 Å². The van der Waals surface area contributed by atoms with Gasteiger partial charge in [0.15, 0.2) is 0 Å². The molecule has 0 aliphatic carbocycles. The predicted octanol–water partition coefficient (Wildman–Crippen LogP) is -0.0209. The number of nitrogens with two attached hydrogens (primary N) is 2. The second kappa shape index (κ2) is 3.41. The van der Waals surface area contributed by atoms with Crippen LogP contribution in [0.25, 0.3) is 0 Å². The first-order valence-electron chi connectivity index (χ1n) is 3.55. The van der Waals surface area contributed by atoms with Crippen LogP contribution in [0, 0.1) is 0 Å². The molecule has 0 spiro atoms. The maximum atomic E-state index is 8.60. The molecular formula is C7H13N3O. The van der Waals surface area contributed by atoms with E-state index in [1.54, 1.807) is 6.20 Å². The smallest absolute Gasteiger partial charge is 0.105 e. The number of anilines is 1. The molecule has 1 aromatic rings. The molecule has 0 bridgehead atoms. The molecule has 0 aliphatic heterocycles. The van der Waals surface area contributed by atoms with E-state index in [2.05, 4.69) is 4.98 Å². The zero-order valence-electron chi connectivity index (χ0n) is 6.25. The van der Waals surface area contributed by atoms with Gasteiger partial charge in [-0.3, -0.25) is 0 Å². The molecule has 1 heterocycles. The fraction of sp³-hybridized carbons (Fsp3) is 0.429. The van der Waals surface area contributed by atoms with Crippen LogP contribution in [-0.4, -0.2) is 16.7 Å². The highest BCUT2D eigenvalue weighted by atomic mass is 16.3. The number of H-pyrrole nitrogens is 1. The Morgan fingerprint density at radius 1 is 1.64 bits per heavy atom. The molecular weight excluding hydrogens is 142 g/mol. The Bertz CT molecular complexity index is 221. The SMILES string of the molecule is Nc1[nH]ccc1[C@@H](N)CCO. The van der Waals surface area contributed by atoms with E-state index in [4.69, 9.17) is 16.6 Å². The summed E-state index contributed by atoms with van der Waals surface area (Å²) in [5.41, 5.74) is 12.1. The van der Waals surface area contributed by atoms with Gasteiger partial charge in [0.25, 0.3) is 0 Å². The van der Waals surface area contributed by atoms with Crippen LogP contribution in [0.5, 0.6) is 0 Å². The van der Waals surface area contributed by atoms with Crippen LogP contribution in [0.2, 0.25) is 0 Å². The lowest BCUT2D eigenvalue weighted by Gasteiger charge is -2.07. The second-order valence-corrected chi connectivity index (χ2v) is 2.47. The third-order valence-corrected chi connectivity index (χ3v) is 1.65. The number of hydrogen-bond donors (Lipinski definition) is 4. The summed E-state index contributed by atoms with van der Waals surface area (Å²) in [5, 5.41) is 8.60. The fourth-order valence-electron chi connectivity index (χ4n) is 1.01. The summed E-state index contributed by atoms with van der Waals surface area (Å²) in [6.45, 7) is 0.0891. The molecule has 0 amide bonds. The maximum absolute atomic E-state index is 8.60. The van der Waals surface area contributed by atoms with Crippen LogP contribution in [0.4, 0.5) is 5.82 Å². The van der Waals surface area contributed by atoms with Gasteiger partial charge in [-0.25, -0.2) is 0 Å². The highest BCUT2D eigenvalue weighted by molar-refractivity contribution is 5.41. The minimum absolute atomic E-state index is 0.0891. The highest BCUT2D eigenvalue weighted by Gasteiger charge is 2.08. The van der Waals surface area contributed by atoms with E-state index in [-0.39, 0.29) is 12.6 Å². The first kappa shape index (κ1) is 8.10. The third kappa shape index (κ3) is 1.72. The lowest BCUT2D eigenvalue weighted by atomic mass is 10.1. The Hall–Kier alpha value is -1.00. The molecule has 0 aromatic carbocycles. The summed E-state index contributed by atoms with van der Waals surface area (Å²) in [5.74, 6) is 0.589. The number of rotatable bonds is 3. The van der Waals surface area contributed by atoms with E-state index in [9.17, 15) is 0 Å². The summed E-state index contributed by atoms with van der Waals surface area (Å²) in [6.07, 6.45) is 2.28. The number of aliphatic hydroxyl groups is 1. The monoisotopic (exact) mass is 155 g/mol. The Labute approximate surface area is 65.2 Å². The van der Waals surface area contributed by atoms with Gasteiger partial charge < -0.3 is 21.6 Å². The quantitative estimate of drug-likeness (QED) is 0.494. The van der Waals surface area contributed by atoms with Crippen molar-refractivity contribution in [3.8, 4) is 0 Å². The number of hydrogen-bond acceptors (Lipinski definition) is 3. The van der Waals surface area contributed by atoms with Crippen molar-refractivity contribution in [2.24, 2.45) is 5.73 Å². The van der Waals surface area contributed by atoms with Gasteiger partial charge in [0, 0.05) is 24.4 Å². The standard InChI is InChI=1S/C7H13N3O/c8-6(2-4-11)5-1-3-10-7(5)9/h1,3,6,10-11H,2,4,8-9H2/t6-/m0/s1. The van der Waals surface area contributed by atoms with E-state index in [1.807, 2.05) is 6.07 Å². The van der Waals surface area contributed by atoms with Crippen molar-refractivity contribution in [2.45, 2.75) is 12.5 Å². The molecule has 1 rings (SSSR count). The molecule has 0 fully saturated rings. The van der Waals surface area contributed by atoms with Crippen LogP contribution in [-0.2, 0) is 0 Å². The largest absolute Gasteiger partial charge is 0.396 e. The molecule has 1 aromatic heterocycles. The molecule has 62 valence electrons. The van der Waals surface area contributed by atoms with Gasteiger partial charge in [-0.05, 0) is 12.5 Å². The van der Waals surface area contributed by atoms with Crippen molar-refractivity contribution in [3.05, 3.63) is 17.8 Å². The molecule has 4 heteroatoms. The lowest BCUT2D eigenvalue weighted by Crippen LogP contribution is -2.12. The minimum atomic E-state index is -0.161. The number of aliphatic hydroxyl groups excluding tert-OH is 1. The van der Waals surface area contributed by atoms with Crippen molar-refractivity contribution >= 4 is 5.82 Å². The van der Waals surface area contributed by atoms with Crippen LogP contribution in [0.15, 0.2) is 12.3 Å². The van der Waals surface area contributed by atoms with E-state index in [0.29, 0.717) is 12.2 Å². The summed E-state index contributed by atoms with van der Waals surface area (Å²) >= 11 is 0. The summed E-state index contributed by atoms with van der Waals surface area (Å²) in [4.78, 5) is 2.82. The van der Waals surface area contributed by atoms with E-state index in [0.717, 1.165) is 5.56 Å². The number of nitrogen functional groups attached to an aromatic ring is 1. The van der Waals surface area contributed by atoms with Gasteiger partial charge in [0.05, 0.1) is 0 Å². The molecule has 4 nitrogen and oxygen atoms in total. The van der Waals surface area contributed by atoms with Crippen molar-refractivity contribution < 1.29 is 5.11 Å². The van der Waals surface area contributed by atoms with Crippen LogP contribution in [0.3, 0.4) is 0 Å². The first-order valence-corrected chi connectivity index (χ1v) is 3.55. The molecule has 11 heavy (non-hydrogen) atoms. The zero-order valence-corrected chi connectivity index (χ0v) is 6.25. The average Bonchev–Trinajstić information content (AvgIpc) is 2.36. The van der Waals surface area contributed by atoms with Gasteiger partial charge in [-0.1, -0.05) is 0 Å². The topological polar surface area (TPSA) is 88.1 Å². The van der Waals surface area contributed by atoms with Gasteiger partial charge >= 0.3 is 0 Å². The number of aromatic nitrogens is 1. The fourth-order valence-corrected chi connectivity index (χ4v) is 1.01. The highest BCUT2D eigenvalue weighted by Crippen LogP contribution is 2.18. The molecule has 0 aliphatic rings. The lowest BCUT2D eigenvalue weighted by molar-refractivity contribution is 0.277. The zero-order chi connectivity index (χ0) is 8.27. The molecule has 0 saturated heterocycles. The van der Waals surface area contributed by atoms with E-state index < -0.39 is 0 Å². The number of aromatic amines is 1. The predicted molar refractivity (Wildman–Crippen MR) is 43.8 cm³/mol. The Morgan fingerprint density at radius 3 is 2.82 bits per heavy atom. The Balaban J connectivity index is 2.67. The van der Waals surface area contributed by atoms with E-state index >= 15 is 0 Å². The summed E-state index contributed by atoms with van der Waals surface area (Å²) < 4.78 is 0. The van der Waals surface area contributed by atoms with Gasteiger partial charge in [-0.2, -0.15) is 0 Å². The van der Waals surface area contributed by atoms with Crippen LogP contribution >= 0.6 is 0 Å². The Kier molecular flexibility index (Phi) is 2.51. The summed E-state index contributed by atoms with van der Waals surface area (Å²) in [6, 6.07) is 1.67. The average molecular weight is 155 g/mol. The molecule has 0 saturated carbocycles. The van der Waals surface area contributed by atoms with Crippen molar-refractivity contribution in [3.63, 3.8) is 0 Å². The second-order valence-electron chi connectivity index (χ2n) is 2.47. The van der Waals surface area contributed by atoms with Gasteiger partial charge in [0.2, 0.25) is 0 Å². The number of nitrogens with one attached hydrogen (secondary N) is 1. The normalized spacial score (nSPS) is 13.3. The van der Waals surface area contributed by atoms with Gasteiger partial charge in [0.1, 0.15) is 5.82 Å². The van der Waals surface area contributed by atoms with Crippen LogP contribution in [0.1, 0.15) is 18.0 Å². The summed E-state index contributed by atoms with van der Waals surface area (Å²) in [7, 11) is 0. The Morgan fingerprint density at radius 2 is 2.36 bits per heavy atom. The molecule has 0 radical (unpaired) electrons. The van der Waals surface area contributed by atoms with Gasteiger partial charge in [-0.15, -0.1) is 0 Å². The maximum Gasteiger partial charge on any atom is 0.105 e. The molecule has 0 unspecified atom stereocenters. The minimum Gasteiger partial charge on any atom is -0.396 e. The van der Waals surface area contributed by atoms with Crippen LogP contribution < -0.4 is 11.5 Å². The van der Waals surface area contributed by atoms with E-state index in [1.165, 1.54) is 0 Å². The third-order valence-electron chi connectivity index (χ3n) is 1.65. The molecule has 6 N–H and O–H groups in total. The van der Waals surface area contributed by atoms with Crippen molar-refractivity contribution in [1.82, 2.24) is 4.98 Å². The molecule has 1 atom stereocenters. The van der Waals surface area contributed by atoms with Crippen molar-refractivity contribution in [2.75, 3.05) is 12.3 Å².